The first-order valence-electron chi connectivity index (χ1n) is 11.2. The first kappa shape index (κ1) is 23.6. The van der Waals surface area contributed by atoms with Gasteiger partial charge in [0.15, 0.2) is 9.84 Å². The van der Waals surface area contributed by atoms with Gasteiger partial charge in [0.05, 0.1) is 22.9 Å². The Morgan fingerprint density at radius 1 is 1.06 bits per heavy atom. The zero-order chi connectivity index (χ0) is 23.4. The zero-order valence-corrected chi connectivity index (χ0v) is 19.5. The van der Waals surface area contributed by atoms with Crippen LogP contribution in [-0.2, 0) is 14.6 Å². The van der Waals surface area contributed by atoms with E-state index in [4.69, 9.17) is 9.84 Å². The third kappa shape index (κ3) is 5.70. The Labute approximate surface area is 194 Å². The smallest absolute Gasteiger partial charge is 0.175 e. The van der Waals surface area contributed by atoms with E-state index in [2.05, 4.69) is 16.0 Å². The van der Waals surface area contributed by atoms with E-state index < -0.39 is 15.9 Å². The van der Waals surface area contributed by atoms with Crippen molar-refractivity contribution in [2.45, 2.75) is 36.2 Å². The first-order chi connectivity index (χ1) is 15.8. The van der Waals surface area contributed by atoms with Gasteiger partial charge >= 0.3 is 0 Å². The average molecular weight is 471 g/mol. The molecule has 3 aromatic rings. The number of hydrogen-bond acceptors (Lipinski definition) is 6. The molecule has 2 atom stereocenters. The molecule has 176 valence electrons. The summed E-state index contributed by atoms with van der Waals surface area (Å²) in [5.41, 5.74) is 4.28. The van der Waals surface area contributed by atoms with E-state index >= 15 is 0 Å². The maximum Gasteiger partial charge on any atom is 0.175 e. The molecule has 1 fully saturated rings. The molecule has 0 aliphatic carbocycles. The van der Waals surface area contributed by atoms with E-state index in [1.165, 1.54) is 6.26 Å². The summed E-state index contributed by atoms with van der Waals surface area (Å²) in [6.07, 6.45) is 4.82. The number of aliphatic hydroxyl groups is 2. The van der Waals surface area contributed by atoms with Crippen molar-refractivity contribution < 1.29 is 23.4 Å². The fourth-order valence-electron chi connectivity index (χ4n) is 4.34. The highest BCUT2D eigenvalue weighted by atomic mass is 32.2. The van der Waals surface area contributed by atoms with Crippen LogP contribution in [0.3, 0.4) is 0 Å². The summed E-state index contributed by atoms with van der Waals surface area (Å²) >= 11 is 0. The molecule has 0 saturated carbocycles. The molecule has 4 rings (SSSR count). The van der Waals surface area contributed by atoms with E-state index in [0.717, 1.165) is 55.1 Å². The van der Waals surface area contributed by atoms with Gasteiger partial charge in [0.1, 0.15) is 6.10 Å². The zero-order valence-electron chi connectivity index (χ0n) is 18.6. The molecular weight excluding hydrogens is 440 g/mol. The summed E-state index contributed by atoms with van der Waals surface area (Å²) in [6.45, 7) is 1.20. The summed E-state index contributed by atoms with van der Waals surface area (Å²) in [5, 5.41) is 18.9. The standard InChI is InChI=1S/C25H30N2O5S/c1-33(30,31)20-5-2-18(3-6-20)21(14-17-10-12-32-13-11-17)22-8-9-24(27-22)23-7-4-19(15-26-23)25(29)16-28/h2-9,15,17,21,25,27-29H,10-14,16H2,1H3. The number of aromatic nitrogens is 2. The Morgan fingerprint density at radius 2 is 1.76 bits per heavy atom. The van der Waals surface area contributed by atoms with E-state index in [-0.39, 0.29) is 12.5 Å². The van der Waals surface area contributed by atoms with Crippen molar-refractivity contribution in [2.75, 3.05) is 26.1 Å². The molecule has 7 nitrogen and oxygen atoms in total. The minimum Gasteiger partial charge on any atom is -0.393 e. The van der Waals surface area contributed by atoms with Gasteiger partial charge in [-0.05, 0) is 61.1 Å². The average Bonchev–Trinajstić information content (AvgIpc) is 3.32. The number of pyridine rings is 1. The molecule has 2 aromatic heterocycles. The number of aliphatic hydroxyl groups excluding tert-OH is 2. The van der Waals surface area contributed by atoms with Crippen molar-refractivity contribution in [1.82, 2.24) is 9.97 Å². The van der Waals surface area contributed by atoms with Gasteiger partial charge in [-0.25, -0.2) is 8.42 Å². The maximum atomic E-state index is 11.9. The molecule has 1 aromatic carbocycles. The third-order valence-corrected chi connectivity index (χ3v) is 7.45. The number of rotatable bonds is 8. The topological polar surface area (TPSA) is 113 Å². The Morgan fingerprint density at radius 3 is 2.36 bits per heavy atom. The number of hydrogen-bond donors (Lipinski definition) is 3. The monoisotopic (exact) mass is 470 g/mol. The molecule has 33 heavy (non-hydrogen) atoms. The minimum atomic E-state index is -3.25. The Hall–Kier alpha value is -2.52. The van der Waals surface area contributed by atoms with Crippen LogP contribution in [0.5, 0.6) is 0 Å². The van der Waals surface area contributed by atoms with Gasteiger partial charge in [0, 0.05) is 42.8 Å². The van der Waals surface area contributed by atoms with Crippen LogP contribution in [-0.4, -0.2) is 54.7 Å². The number of benzene rings is 1. The number of ether oxygens (including phenoxy) is 1. The van der Waals surface area contributed by atoms with Crippen LogP contribution in [0.2, 0.25) is 0 Å². The molecule has 2 unspecified atom stereocenters. The second kappa shape index (κ2) is 10.2. The summed E-state index contributed by atoms with van der Waals surface area (Å²) in [4.78, 5) is 8.25. The fourth-order valence-corrected chi connectivity index (χ4v) is 4.97. The van der Waals surface area contributed by atoms with Crippen LogP contribution in [0.15, 0.2) is 59.6 Å². The van der Waals surface area contributed by atoms with Crippen LogP contribution in [0.25, 0.3) is 11.4 Å². The second-order valence-corrected chi connectivity index (χ2v) is 10.7. The highest BCUT2D eigenvalue weighted by Gasteiger charge is 2.24. The van der Waals surface area contributed by atoms with Crippen molar-refractivity contribution in [1.29, 1.82) is 0 Å². The van der Waals surface area contributed by atoms with Crippen LogP contribution in [0.4, 0.5) is 0 Å². The molecule has 8 heteroatoms. The van der Waals surface area contributed by atoms with Gasteiger partial charge in [-0.3, -0.25) is 4.98 Å². The predicted molar refractivity (Wildman–Crippen MR) is 126 cm³/mol. The van der Waals surface area contributed by atoms with Crippen molar-refractivity contribution in [2.24, 2.45) is 5.92 Å². The Balaban J connectivity index is 1.62. The largest absolute Gasteiger partial charge is 0.393 e. The van der Waals surface area contributed by atoms with Crippen LogP contribution >= 0.6 is 0 Å². The Kier molecular flexibility index (Phi) is 7.29. The maximum absolute atomic E-state index is 11.9. The van der Waals surface area contributed by atoms with Crippen LogP contribution in [0, 0.1) is 5.92 Å². The highest BCUT2D eigenvalue weighted by Crippen LogP contribution is 2.35. The van der Waals surface area contributed by atoms with E-state index in [1.54, 1.807) is 24.4 Å². The number of nitrogens with zero attached hydrogens (tertiary/aromatic N) is 1. The predicted octanol–water partition coefficient (Wildman–Crippen LogP) is 3.45. The fraction of sp³-hybridized carbons (Fsp3) is 0.400. The molecule has 1 saturated heterocycles. The van der Waals surface area contributed by atoms with Gasteiger partial charge in [-0.1, -0.05) is 18.2 Å². The summed E-state index contributed by atoms with van der Waals surface area (Å²) < 4.78 is 29.3. The third-order valence-electron chi connectivity index (χ3n) is 6.32. The number of H-pyrrole nitrogens is 1. The number of aromatic amines is 1. The van der Waals surface area contributed by atoms with Crippen molar-refractivity contribution in [3.63, 3.8) is 0 Å². The molecule has 0 radical (unpaired) electrons. The molecule has 3 N–H and O–H groups in total. The molecular formula is C25H30N2O5S. The Bertz CT molecular complexity index is 1150. The molecule has 0 bridgehead atoms. The lowest BCUT2D eigenvalue weighted by atomic mass is 9.83. The first-order valence-corrected chi connectivity index (χ1v) is 13.1. The van der Waals surface area contributed by atoms with Gasteiger partial charge in [0.25, 0.3) is 0 Å². The summed E-state index contributed by atoms with van der Waals surface area (Å²) in [5.74, 6) is 0.619. The van der Waals surface area contributed by atoms with E-state index in [0.29, 0.717) is 16.4 Å². The number of nitrogens with one attached hydrogen (secondary N) is 1. The lowest BCUT2D eigenvalue weighted by Crippen LogP contribution is -2.18. The van der Waals surface area contributed by atoms with Gasteiger partial charge in [0.2, 0.25) is 0 Å². The second-order valence-electron chi connectivity index (χ2n) is 8.69. The van der Waals surface area contributed by atoms with Crippen LogP contribution < -0.4 is 0 Å². The van der Waals surface area contributed by atoms with E-state index in [9.17, 15) is 13.5 Å². The lowest BCUT2D eigenvalue weighted by molar-refractivity contribution is 0.0626. The normalized spacial score (nSPS) is 17.1. The molecule has 1 aliphatic rings. The van der Waals surface area contributed by atoms with Crippen molar-refractivity contribution >= 4 is 9.84 Å². The summed E-state index contributed by atoms with van der Waals surface area (Å²) in [7, 11) is -3.25. The molecule has 0 amide bonds. The molecule has 1 aliphatic heterocycles. The summed E-state index contributed by atoms with van der Waals surface area (Å²) in [6, 6.07) is 14.8. The minimum absolute atomic E-state index is 0.0888. The van der Waals surface area contributed by atoms with Crippen molar-refractivity contribution in [3.8, 4) is 11.4 Å². The SMILES string of the molecule is CS(=O)(=O)c1ccc(C(CC2CCOCC2)c2ccc(-c3ccc(C(O)CO)cn3)[nH]2)cc1. The van der Waals surface area contributed by atoms with Gasteiger partial charge < -0.3 is 19.9 Å². The van der Waals surface area contributed by atoms with Crippen LogP contribution in [0.1, 0.15) is 48.1 Å². The lowest BCUT2D eigenvalue weighted by Gasteiger charge is -2.27. The highest BCUT2D eigenvalue weighted by molar-refractivity contribution is 7.90. The quantitative estimate of drug-likeness (QED) is 0.465. The molecule has 3 heterocycles. The molecule has 0 spiro atoms. The van der Waals surface area contributed by atoms with Crippen molar-refractivity contribution in [3.05, 3.63) is 71.5 Å². The van der Waals surface area contributed by atoms with E-state index in [1.807, 2.05) is 24.3 Å². The number of sulfone groups is 1. The van der Waals surface area contributed by atoms with Gasteiger partial charge in [-0.2, -0.15) is 0 Å². The van der Waals surface area contributed by atoms with Gasteiger partial charge in [-0.15, -0.1) is 0 Å².